The van der Waals surface area contributed by atoms with Gasteiger partial charge in [0.25, 0.3) is 5.91 Å². The summed E-state index contributed by atoms with van der Waals surface area (Å²) in [5.74, 6) is -1.00. The standard InChI is InChI=1S/C19H25F3N4O/c1-11(2)26-16-8-7-12(9-15(16)25-18(26)19(20,21)22)17(27)24-14-6-4-3-5-13(14)10-23/h7-9,11,13-14H,3-6,10,23H2,1-2H3,(H,24,27). The van der Waals surface area contributed by atoms with Crippen LogP contribution in [0, 0.1) is 5.92 Å². The molecule has 1 aliphatic carbocycles. The smallest absolute Gasteiger partial charge is 0.349 e. The molecule has 5 nitrogen and oxygen atoms in total. The minimum atomic E-state index is -4.55. The number of hydrogen-bond acceptors (Lipinski definition) is 3. The zero-order valence-corrected chi connectivity index (χ0v) is 15.5. The molecule has 1 aromatic heterocycles. The van der Waals surface area contributed by atoms with Gasteiger partial charge >= 0.3 is 6.18 Å². The van der Waals surface area contributed by atoms with Gasteiger partial charge in [0.15, 0.2) is 0 Å². The number of nitrogens with one attached hydrogen (secondary N) is 1. The van der Waals surface area contributed by atoms with Crippen LogP contribution in [0.3, 0.4) is 0 Å². The van der Waals surface area contributed by atoms with Gasteiger partial charge in [-0.1, -0.05) is 12.8 Å². The van der Waals surface area contributed by atoms with Crippen LogP contribution in [0.5, 0.6) is 0 Å². The molecule has 148 valence electrons. The summed E-state index contributed by atoms with van der Waals surface area (Å²) in [5, 5.41) is 3.00. The number of rotatable bonds is 4. The van der Waals surface area contributed by atoms with Crippen molar-refractivity contribution in [2.45, 2.75) is 57.8 Å². The summed E-state index contributed by atoms with van der Waals surface area (Å²) in [7, 11) is 0. The number of nitrogens with zero attached hydrogens (tertiary/aromatic N) is 2. The van der Waals surface area contributed by atoms with E-state index in [4.69, 9.17) is 5.73 Å². The molecular weight excluding hydrogens is 357 g/mol. The lowest BCUT2D eigenvalue weighted by Gasteiger charge is -2.31. The van der Waals surface area contributed by atoms with Crippen LogP contribution < -0.4 is 11.1 Å². The minimum absolute atomic E-state index is 0.00547. The predicted octanol–water partition coefficient (Wildman–Crippen LogP) is 3.88. The van der Waals surface area contributed by atoms with Gasteiger partial charge in [0.2, 0.25) is 5.82 Å². The van der Waals surface area contributed by atoms with Gasteiger partial charge in [-0.25, -0.2) is 4.98 Å². The van der Waals surface area contributed by atoms with Crippen LogP contribution in [0.2, 0.25) is 0 Å². The molecule has 1 heterocycles. The lowest BCUT2D eigenvalue weighted by atomic mass is 9.84. The van der Waals surface area contributed by atoms with Crippen molar-refractivity contribution >= 4 is 16.9 Å². The third-order valence-electron chi connectivity index (χ3n) is 5.25. The van der Waals surface area contributed by atoms with Crippen molar-refractivity contribution in [1.29, 1.82) is 0 Å². The molecule has 0 bridgehead atoms. The second-order valence-corrected chi connectivity index (χ2v) is 7.46. The number of fused-ring (bicyclic) bond motifs is 1. The molecule has 27 heavy (non-hydrogen) atoms. The average molecular weight is 382 g/mol. The fourth-order valence-corrected chi connectivity index (χ4v) is 3.89. The van der Waals surface area contributed by atoms with Crippen molar-refractivity contribution in [3.05, 3.63) is 29.6 Å². The SMILES string of the molecule is CC(C)n1c(C(F)(F)F)nc2cc(C(=O)NC3CCCCC3CN)ccc21. The summed E-state index contributed by atoms with van der Waals surface area (Å²) in [6, 6.07) is 4.12. The molecule has 1 aliphatic rings. The van der Waals surface area contributed by atoms with E-state index < -0.39 is 18.0 Å². The lowest BCUT2D eigenvalue weighted by Crippen LogP contribution is -2.44. The number of carbonyl (C=O) groups is 1. The maximum Gasteiger partial charge on any atom is 0.449 e. The first-order valence-electron chi connectivity index (χ1n) is 9.32. The summed E-state index contributed by atoms with van der Waals surface area (Å²) >= 11 is 0. The summed E-state index contributed by atoms with van der Waals surface area (Å²) < 4.78 is 41.1. The van der Waals surface area contributed by atoms with Crippen LogP contribution in [0.25, 0.3) is 11.0 Å². The average Bonchev–Trinajstić information content (AvgIpc) is 3.01. The molecule has 0 spiro atoms. The molecule has 3 N–H and O–H groups in total. The predicted molar refractivity (Wildman–Crippen MR) is 97.4 cm³/mol. The van der Waals surface area contributed by atoms with Gasteiger partial charge in [-0.15, -0.1) is 0 Å². The molecule has 1 saturated carbocycles. The number of carbonyl (C=O) groups excluding carboxylic acids is 1. The molecule has 1 fully saturated rings. The summed E-state index contributed by atoms with van der Waals surface area (Å²) in [4.78, 5) is 16.4. The maximum atomic E-state index is 13.3. The Bertz CT molecular complexity index is 828. The molecule has 0 radical (unpaired) electrons. The Hall–Kier alpha value is -2.09. The van der Waals surface area contributed by atoms with Crippen LogP contribution in [0.1, 0.15) is 61.8 Å². The molecule has 8 heteroatoms. The molecular formula is C19H25F3N4O. The third-order valence-corrected chi connectivity index (χ3v) is 5.25. The van der Waals surface area contributed by atoms with Crippen molar-refractivity contribution in [3.63, 3.8) is 0 Å². The zero-order valence-electron chi connectivity index (χ0n) is 15.5. The molecule has 0 aliphatic heterocycles. The van der Waals surface area contributed by atoms with Crippen LogP contribution in [0.4, 0.5) is 13.2 Å². The summed E-state index contributed by atoms with van der Waals surface area (Å²) in [6.07, 6.45) is -0.562. The Balaban J connectivity index is 1.91. The molecule has 2 atom stereocenters. The van der Waals surface area contributed by atoms with Crippen molar-refractivity contribution in [2.75, 3.05) is 6.54 Å². The number of amides is 1. The van der Waals surface area contributed by atoms with E-state index in [0.717, 1.165) is 30.3 Å². The Morgan fingerprint density at radius 1 is 1.33 bits per heavy atom. The highest BCUT2D eigenvalue weighted by atomic mass is 19.4. The number of imidazole rings is 1. The first-order chi connectivity index (χ1) is 12.7. The third kappa shape index (κ3) is 3.95. The largest absolute Gasteiger partial charge is 0.449 e. The van der Waals surface area contributed by atoms with E-state index in [9.17, 15) is 18.0 Å². The van der Waals surface area contributed by atoms with Crippen molar-refractivity contribution in [2.24, 2.45) is 11.7 Å². The number of nitrogens with two attached hydrogens (primary N) is 1. The number of aromatic nitrogens is 2. The van der Waals surface area contributed by atoms with E-state index in [0.29, 0.717) is 17.6 Å². The summed E-state index contributed by atoms with van der Waals surface area (Å²) in [5.41, 5.74) is 6.65. The van der Waals surface area contributed by atoms with Gasteiger partial charge in [0.05, 0.1) is 11.0 Å². The first-order valence-corrected chi connectivity index (χ1v) is 9.32. The van der Waals surface area contributed by atoms with E-state index in [2.05, 4.69) is 10.3 Å². The monoisotopic (exact) mass is 382 g/mol. The van der Waals surface area contributed by atoms with E-state index in [-0.39, 0.29) is 23.4 Å². The molecule has 1 amide bonds. The zero-order chi connectivity index (χ0) is 19.8. The van der Waals surface area contributed by atoms with Gasteiger partial charge in [-0.2, -0.15) is 13.2 Å². The van der Waals surface area contributed by atoms with Gasteiger partial charge < -0.3 is 15.6 Å². The van der Waals surface area contributed by atoms with Crippen LogP contribution in [-0.4, -0.2) is 28.0 Å². The Labute approximate surface area is 156 Å². The van der Waals surface area contributed by atoms with Crippen LogP contribution in [-0.2, 0) is 6.18 Å². The second-order valence-electron chi connectivity index (χ2n) is 7.46. The van der Waals surface area contributed by atoms with Gasteiger partial charge in [0.1, 0.15) is 0 Å². The fourth-order valence-electron chi connectivity index (χ4n) is 3.89. The molecule has 2 aromatic rings. The molecule has 3 rings (SSSR count). The molecule has 0 saturated heterocycles. The van der Waals surface area contributed by atoms with Crippen molar-refractivity contribution in [1.82, 2.24) is 14.9 Å². The fraction of sp³-hybridized carbons (Fsp3) is 0.579. The highest BCUT2D eigenvalue weighted by Crippen LogP contribution is 2.34. The van der Waals surface area contributed by atoms with Crippen molar-refractivity contribution < 1.29 is 18.0 Å². The first kappa shape index (κ1) is 19.7. The van der Waals surface area contributed by atoms with Crippen molar-refractivity contribution in [3.8, 4) is 0 Å². The number of alkyl halides is 3. The van der Waals surface area contributed by atoms with Gasteiger partial charge in [0, 0.05) is 17.6 Å². The Morgan fingerprint density at radius 3 is 2.67 bits per heavy atom. The quantitative estimate of drug-likeness (QED) is 0.843. The van der Waals surface area contributed by atoms with E-state index in [1.54, 1.807) is 19.9 Å². The van der Waals surface area contributed by atoms with E-state index >= 15 is 0 Å². The Kier molecular flexibility index (Phi) is 5.46. The van der Waals surface area contributed by atoms with E-state index in [1.165, 1.54) is 12.1 Å². The number of halogens is 3. The second kappa shape index (κ2) is 7.50. The normalized spacial score (nSPS) is 21.0. The molecule has 1 aromatic carbocycles. The number of hydrogen-bond donors (Lipinski definition) is 2. The van der Waals surface area contributed by atoms with E-state index in [1.807, 2.05) is 0 Å². The lowest BCUT2D eigenvalue weighted by molar-refractivity contribution is -0.147. The summed E-state index contributed by atoms with van der Waals surface area (Å²) in [6.45, 7) is 3.86. The van der Waals surface area contributed by atoms with Gasteiger partial charge in [-0.05, 0) is 57.4 Å². The minimum Gasteiger partial charge on any atom is -0.349 e. The number of benzene rings is 1. The van der Waals surface area contributed by atoms with Crippen LogP contribution in [0.15, 0.2) is 18.2 Å². The Morgan fingerprint density at radius 2 is 2.04 bits per heavy atom. The van der Waals surface area contributed by atoms with Gasteiger partial charge in [-0.3, -0.25) is 4.79 Å². The maximum absolute atomic E-state index is 13.3. The highest BCUT2D eigenvalue weighted by Gasteiger charge is 2.38. The highest BCUT2D eigenvalue weighted by molar-refractivity contribution is 5.97. The van der Waals surface area contributed by atoms with Crippen LogP contribution >= 0.6 is 0 Å². The topological polar surface area (TPSA) is 72.9 Å². The molecule has 2 unspecified atom stereocenters.